The average molecular weight is 1090 g/mol. The number of nitrogens with two attached hydrogens (primary N) is 1. The first-order valence-electron chi connectivity index (χ1n) is 31.0. The molecule has 0 amide bonds. The van der Waals surface area contributed by atoms with Gasteiger partial charge in [0, 0.05) is 19.4 Å². The maximum Gasteiger partial charge on any atom is 0.472 e. The van der Waals surface area contributed by atoms with Crippen molar-refractivity contribution in [3.05, 3.63) is 122 Å². The van der Waals surface area contributed by atoms with Crippen molar-refractivity contribution in [1.82, 2.24) is 0 Å². The van der Waals surface area contributed by atoms with E-state index < -0.39 is 32.5 Å². The summed E-state index contributed by atoms with van der Waals surface area (Å²) in [6, 6.07) is 0. The average Bonchev–Trinajstić information content (AvgIpc) is 3.42. The molecule has 0 fully saturated rings. The third kappa shape index (κ3) is 61.5. The van der Waals surface area contributed by atoms with Crippen LogP contribution >= 0.6 is 7.82 Å². The van der Waals surface area contributed by atoms with Gasteiger partial charge in [0.1, 0.15) is 6.61 Å². The predicted molar refractivity (Wildman–Crippen MR) is 330 cm³/mol. The Morgan fingerprint density at radius 2 is 0.714 bits per heavy atom. The number of allylic oxidation sites excluding steroid dienone is 20. The van der Waals surface area contributed by atoms with Crippen LogP contribution in [0.15, 0.2) is 122 Å². The first-order chi connectivity index (χ1) is 37.8. The highest BCUT2D eigenvalue weighted by atomic mass is 31.2. The molecular weight excluding hydrogens is 978 g/mol. The Morgan fingerprint density at radius 3 is 1.06 bits per heavy atom. The summed E-state index contributed by atoms with van der Waals surface area (Å²) in [4.78, 5) is 35.1. The molecule has 3 N–H and O–H groups in total. The van der Waals surface area contributed by atoms with E-state index in [1.165, 1.54) is 109 Å². The monoisotopic (exact) mass is 1090 g/mol. The van der Waals surface area contributed by atoms with Gasteiger partial charge >= 0.3 is 19.8 Å². The molecule has 0 rings (SSSR count). The number of phosphoric acid groups is 1. The molecule has 10 heteroatoms. The first kappa shape index (κ1) is 73.4. The largest absolute Gasteiger partial charge is 0.472 e. The summed E-state index contributed by atoms with van der Waals surface area (Å²) in [5, 5.41) is 0. The predicted octanol–water partition coefficient (Wildman–Crippen LogP) is 20.0. The SMILES string of the molecule is CC/C=C\C/C=C\C/C=C\C/C=C\C/C=C\C/C=C\C/C=C\C/C=C\CCCCCCCCCCCCCCCCCCC(=O)OC(COC(=O)CCCCCCC/C=C\C/C=C\CCCCC)COP(=O)(O)OCCN. The number of hydrogen-bond acceptors (Lipinski definition) is 8. The number of carbonyl (C=O) groups is 2. The van der Waals surface area contributed by atoms with Gasteiger partial charge in [-0.3, -0.25) is 18.6 Å². The molecule has 440 valence electrons. The van der Waals surface area contributed by atoms with Gasteiger partial charge in [-0.25, -0.2) is 4.57 Å². The summed E-state index contributed by atoms with van der Waals surface area (Å²) in [5.74, 6) is -0.844. The quantitative estimate of drug-likeness (QED) is 0.0264. The number of ether oxygens (including phenoxy) is 2. The van der Waals surface area contributed by atoms with Crippen LogP contribution in [0.5, 0.6) is 0 Å². The minimum absolute atomic E-state index is 0.0477. The standard InChI is InChI=1S/C67H114NO8P/c1-3-5-7-9-11-13-15-17-19-20-21-22-23-24-25-26-27-28-29-30-31-32-33-34-35-36-37-38-39-40-41-42-43-44-46-48-50-52-54-56-58-60-67(70)76-65(64-75-77(71,72)74-62-61-68)63-73-66(69)59-57-55-53-51-49-47-45-18-16-14-12-10-8-6-4-2/h5,7,11-14,17-19,21-22,24-25,27-28,30-31,33-34,45,65H,3-4,6,8-10,15-16,20,23,26,29,32,35-44,46-64,68H2,1-2H3,(H,71,72)/b7-5-,13-11-,14-12-,19-17-,22-21-,25-24-,28-27-,31-30-,34-33-,45-18-. The van der Waals surface area contributed by atoms with Crippen molar-refractivity contribution in [3.63, 3.8) is 0 Å². The fourth-order valence-corrected chi connectivity index (χ4v) is 9.04. The number of esters is 2. The van der Waals surface area contributed by atoms with E-state index in [1.807, 2.05) is 0 Å². The molecule has 0 aliphatic rings. The van der Waals surface area contributed by atoms with Crippen molar-refractivity contribution < 1.29 is 37.6 Å². The second kappa shape index (κ2) is 61.6. The van der Waals surface area contributed by atoms with Crippen molar-refractivity contribution in [1.29, 1.82) is 0 Å². The van der Waals surface area contributed by atoms with Crippen LogP contribution in [0.25, 0.3) is 0 Å². The third-order valence-electron chi connectivity index (χ3n) is 12.8. The molecule has 2 atom stereocenters. The molecule has 0 radical (unpaired) electrons. The molecule has 9 nitrogen and oxygen atoms in total. The summed E-state index contributed by atoms with van der Waals surface area (Å²) < 4.78 is 33.0. The van der Waals surface area contributed by atoms with Gasteiger partial charge in [-0.2, -0.15) is 0 Å². The molecule has 0 spiro atoms. The van der Waals surface area contributed by atoms with Gasteiger partial charge in [0.15, 0.2) is 6.10 Å². The highest BCUT2D eigenvalue weighted by molar-refractivity contribution is 7.47. The number of hydrogen-bond donors (Lipinski definition) is 2. The van der Waals surface area contributed by atoms with E-state index in [4.69, 9.17) is 24.3 Å². The van der Waals surface area contributed by atoms with Crippen molar-refractivity contribution >= 4 is 19.8 Å². The Labute approximate surface area is 472 Å². The lowest BCUT2D eigenvalue weighted by Gasteiger charge is -2.19. The summed E-state index contributed by atoms with van der Waals surface area (Å²) in [7, 11) is -4.39. The van der Waals surface area contributed by atoms with Crippen LogP contribution in [-0.2, 0) is 32.7 Å². The van der Waals surface area contributed by atoms with Gasteiger partial charge in [-0.05, 0) is 109 Å². The maximum absolute atomic E-state index is 12.7. The van der Waals surface area contributed by atoms with E-state index in [1.54, 1.807) is 0 Å². The van der Waals surface area contributed by atoms with Gasteiger partial charge in [-0.1, -0.05) is 257 Å². The van der Waals surface area contributed by atoms with Crippen LogP contribution in [0.2, 0.25) is 0 Å². The Bertz CT molecular complexity index is 1670. The number of unbranched alkanes of at least 4 members (excludes halogenated alkanes) is 24. The maximum atomic E-state index is 12.7. The van der Waals surface area contributed by atoms with Crippen molar-refractivity contribution in [3.8, 4) is 0 Å². The third-order valence-corrected chi connectivity index (χ3v) is 13.8. The molecule has 0 heterocycles. The molecule has 0 aliphatic carbocycles. The lowest BCUT2D eigenvalue weighted by atomic mass is 10.0. The van der Waals surface area contributed by atoms with Gasteiger partial charge in [0.2, 0.25) is 0 Å². The zero-order chi connectivity index (χ0) is 55.9. The van der Waals surface area contributed by atoms with E-state index >= 15 is 0 Å². The zero-order valence-corrected chi connectivity index (χ0v) is 50.0. The smallest absolute Gasteiger partial charge is 0.462 e. The van der Waals surface area contributed by atoms with Crippen LogP contribution in [0.4, 0.5) is 0 Å². The zero-order valence-electron chi connectivity index (χ0n) is 49.2. The van der Waals surface area contributed by atoms with E-state index in [9.17, 15) is 19.0 Å². The number of rotatable bonds is 57. The molecule has 0 aromatic carbocycles. The van der Waals surface area contributed by atoms with Crippen LogP contribution in [-0.4, -0.2) is 49.3 Å². The Morgan fingerprint density at radius 1 is 0.403 bits per heavy atom. The van der Waals surface area contributed by atoms with Gasteiger partial charge in [-0.15, -0.1) is 0 Å². The van der Waals surface area contributed by atoms with Crippen molar-refractivity contribution in [2.24, 2.45) is 5.73 Å². The molecule has 0 aliphatic heterocycles. The fraction of sp³-hybridized carbons (Fsp3) is 0.672. The fourth-order valence-electron chi connectivity index (χ4n) is 8.27. The molecule has 0 saturated carbocycles. The first-order valence-corrected chi connectivity index (χ1v) is 32.5. The van der Waals surface area contributed by atoms with Gasteiger partial charge in [0.05, 0.1) is 13.2 Å². The van der Waals surface area contributed by atoms with Gasteiger partial charge in [0.25, 0.3) is 0 Å². The van der Waals surface area contributed by atoms with E-state index in [0.717, 1.165) is 109 Å². The molecule has 0 aromatic rings. The molecule has 0 saturated heterocycles. The number of phosphoric ester groups is 1. The highest BCUT2D eigenvalue weighted by Crippen LogP contribution is 2.43. The molecule has 2 unspecified atom stereocenters. The van der Waals surface area contributed by atoms with Gasteiger partial charge < -0.3 is 20.1 Å². The van der Waals surface area contributed by atoms with Crippen LogP contribution in [0.1, 0.15) is 258 Å². The minimum atomic E-state index is -4.39. The van der Waals surface area contributed by atoms with Crippen molar-refractivity contribution in [2.75, 3.05) is 26.4 Å². The Kier molecular flexibility index (Phi) is 58.7. The summed E-state index contributed by atoms with van der Waals surface area (Å²) in [6.45, 7) is 3.59. The molecule has 0 bridgehead atoms. The second-order valence-electron chi connectivity index (χ2n) is 20.2. The van der Waals surface area contributed by atoms with E-state index in [2.05, 4.69) is 135 Å². The van der Waals surface area contributed by atoms with E-state index in [-0.39, 0.29) is 32.6 Å². The minimum Gasteiger partial charge on any atom is -0.462 e. The summed E-state index contributed by atoms with van der Waals surface area (Å²) >= 11 is 0. The Balaban J connectivity index is 3.87. The summed E-state index contributed by atoms with van der Waals surface area (Å²) in [6.07, 6.45) is 85.6. The molecule has 0 aromatic heterocycles. The molecular formula is C67H114NO8P. The lowest BCUT2D eigenvalue weighted by Crippen LogP contribution is -2.29. The van der Waals surface area contributed by atoms with Crippen molar-refractivity contribution in [2.45, 2.75) is 264 Å². The normalized spacial score (nSPS) is 13.9. The lowest BCUT2D eigenvalue weighted by molar-refractivity contribution is -0.161. The molecule has 77 heavy (non-hydrogen) atoms. The summed E-state index contributed by atoms with van der Waals surface area (Å²) in [5.41, 5.74) is 5.38. The Hall–Kier alpha value is -3.59. The second-order valence-corrected chi connectivity index (χ2v) is 21.6. The van der Waals surface area contributed by atoms with Crippen LogP contribution in [0.3, 0.4) is 0 Å². The van der Waals surface area contributed by atoms with Crippen LogP contribution < -0.4 is 5.73 Å². The highest BCUT2D eigenvalue weighted by Gasteiger charge is 2.26. The van der Waals surface area contributed by atoms with Crippen LogP contribution in [0, 0.1) is 0 Å². The topological polar surface area (TPSA) is 134 Å². The van der Waals surface area contributed by atoms with E-state index in [0.29, 0.717) is 12.8 Å². The number of carbonyl (C=O) groups excluding carboxylic acids is 2.